The van der Waals surface area contributed by atoms with Gasteiger partial charge in [0, 0.05) is 34.1 Å². The molecule has 1 atom stereocenters. The first-order chi connectivity index (χ1) is 28.2. The first kappa shape index (κ1) is 27.8. The summed E-state index contributed by atoms with van der Waals surface area (Å²) in [6.07, 6.45) is 4.83. The lowest BCUT2D eigenvalue weighted by atomic mass is 9.98. The topological polar surface area (TPSA) is 40.6 Å². The Bertz CT molecular complexity index is 3780. The molecular weight excluding hydrogens is 697 g/mol. The highest BCUT2D eigenvalue weighted by Crippen LogP contribution is 2.54. The molecule has 258 valence electrons. The molecule has 8 heterocycles. The minimum atomic E-state index is -0.940. The summed E-state index contributed by atoms with van der Waals surface area (Å²) in [4.78, 5) is 11.6. The molecule has 0 saturated heterocycles. The Kier molecular flexibility index (Phi) is 4.33. The normalized spacial score (nSPS) is 18.6. The number of fused-ring (bicyclic) bond motifs is 16. The van der Waals surface area contributed by atoms with Gasteiger partial charge in [-0.1, -0.05) is 97.1 Å². The predicted molar refractivity (Wildman–Crippen MR) is 228 cm³/mol. The van der Waals surface area contributed by atoms with Crippen LogP contribution in [0.5, 0.6) is 0 Å². The minimum absolute atomic E-state index is 0.940. The van der Waals surface area contributed by atoms with E-state index < -0.39 is 5.91 Å². The molecule has 0 fully saturated rings. The van der Waals surface area contributed by atoms with Crippen molar-refractivity contribution >= 4 is 106 Å². The van der Waals surface area contributed by atoms with E-state index in [0.29, 0.717) is 0 Å². The zero-order valence-electron chi connectivity index (χ0n) is 30.2. The van der Waals surface area contributed by atoms with Crippen LogP contribution in [0.15, 0.2) is 156 Å². The maximum Gasteiger partial charge on any atom is 0.441 e. The van der Waals surface area contributed by atoms with Crippen molar-refractivity contribution in [1.82, 2.24) is 9.13 Å². The summed E-state index contributed by atoms with van der Waals surface area (Å²) in [6, 6.07) is 53.9. The van der Waals surface area contributed by atoms with E-state index in [-0.39, 0.29) is 0 Å². The van der Waals surface area contributed by atoms with Crippen LogP contribution in [0.4, 0.5) is 5.82 Å². The van der Waals surface area contributed by atoms with Crippen LogP contribution in [0.25, 0.3) is 82.5 Å². The summed E-state index contributed by atoms with van der Waals surface area (Å²) in [7, 11) is 0. The molecule has 6 nitrogen and oxygen atoms in total. The fraction of sp³-hybridized carbons (Fsp3) is 0.0196. The van der Waals surface area contributed by atoms with Gasteiger partial charge >= 0.3 is 17.6 Å². The summed E-state index contributed by atoms with van der Waals surface area (Å²) in [5.74, 6) is 1.97. The molecule has 1 spiro atoms. The number of benzene rings is 8. The Morgan fingerprint density at radius 2 is 0.965 bits per heavy atom. The molecule has 57 heavy (non-hydrogen) atoms. The van der Waals surface area contributed by atoms with Crippen LogP contribution in [0.3, 0.4) is 0 Å². The Labute approximate surface area is 323 Å². The zero-order valence-corrected chi connectivity index (χ0v) is 30.2. The number of hydrogen-bond acceptors (Lipinski definition) is 2. The molecule has 6 heteroatoms. The van der Waals surface area contributed by atoms with Gasteiger partial charge in [0.25, 0.3) is 11.3 Å². The van der Waals surface area contributed by atoms with Crippen LogP contribution in [-0.4, -0.2) is 35.7 Å². The largest absolute Gasteiger partial charge is 0.441 e. The molecule has 0 saturated carbocycles. The fourth-order valence-electron chi connectivity index (χ4n) is 11.3. The van der Waals surface area contributed by atoms with Crippen molar-refractivity contribution in [2.24, 2.45) is 9.98 Å². The minimum Gasteiger partial charge on any atom is -0.203 e. The average molecular weight is 723 g/mol. The monoisotopic (exact) mass is 722 g/mol. The molecule has 16 rings (SSSR count). The predicted octanol–water partition coefficient (Wildman–Crippen LogP) is 8.94. The summed E-state index contributed by atoms with van der Waals surface area (Å²) in [6.45, 7) is 0. The summed E-state index contributed by atoms with van der Waals surface area (Å²) < 4.78 is 10.2. The van der Waals surface area contributed by atoms with Gasteiger partial charge in [0.15, 0.2) is 0 Å². The Hall–Kier alpha value is -7.70. The van der Waals surface area contributed by atoms with Crippen LogP contribution >= 0.6 is 0 Å². The molecule has 1 unspecified atom stereocenters. The van der Waals surface area contributed by atoms with E-state index >= 15 is 0 Å². The van der Waals surface area contributed by atoms with Gasteiger partial charge in [0.05, 0.1) is 32.9 Å². The third-order valence-electron chi connectivity index (χ3n) is 13.6. The number of nitrogens with zero attached hydrogens (tertiary/aromatic N) is 6. The van der Waals surface area contributed by atoms with Crippen LogP contribution in [0.1, 0.15) is 27.9 Å². The fourth-order valence-corrected chi connectivity index (χ4v) is 11.3. The number of hydrogen-bond donors (Lipinski definition) is 0. The third-order valence-corrected chi connectivity index (χ3v) is 13.6. The van der Waals surface area contributed by atoms with E-state index in [4.69, 9.17) is 9.98 Å². The van der Waals surface area contributed by atoms with E-state index in [0.717, 1.165) is 67.3 Å². The third kappa shape index (κ3) is 2.92. The van der Waals surface area contributed by atoms with Crippen molar-refractivity contribution in [3.05, 3.63) is 184 Å². The lowest BCUT2D eigenvalue weighted by Crippen LogP contribution is -2.70. The first-order valence-electron chi connectivity index (χ1n) is 19.7. The van der Waals surface area contributed by atoms with Crippen LogP contribution in [0.2, 0.25) is 0 Å². The maximum atomic E-state index is 5.80. The molecule has 0 bridgehead atoms. The van der Waals surface area contributed by atoms with Crippen LogP contribution in [0, 0.1) is 0 Å². The second-order valence-corrected chi connectivity index (χ2v) is 16.3. The number of aromatic nitrogens is 2. The van der Waals surface area contributed by atoms with Gasteiger partial charge in [-0.15, -0.1) is 9.15 Å². The highest BCUT2D eigenvalue weighted by atomic mass is 15.7. The van der Waals surface area contributed by atoms with Gasteiger partial charge in [0.2, 0.25) is 0 Å². The lowest BCUT2D eigenvalue weighted by Gasteiger charge is -2.40. The number of aliphatic imine (C=N–C) groups is 1. The van der Waals surface area contributed by atoms with Crippen molar-refractivity contribution in [1.29, 1.82) is 0 Å². The van der Waals surface area contributed by atoms with E-state index in [9.17, 15) is 0 Å². The van der Waals surface area contributed by atoms with Crippen LogP contribution in [-0.2, 0) is 5.91 Å². The molecule has 8 aromatic carbocycles. The van der Waals surface area contributed by atoms with Gasteiger partial charge in [0.1, 0.15) is 11.4 Å². The Morgan fingerprint density at radius 3 is 1.61 bits per heavy atom. The molecule has 10 aromatic rings. The summed E-state index contributed by atoms with van der Waals surface area (Å²) >= 11 is 0. The molecular formula is C51H26N6+2. The van der Waals surface area contributed by atoms with Gasteiger partial charge in [-0.2, -0.15) is 0 Å². The quantitative estimate of drug-likeness (QED) is 0.140. The second kappa shape index (κ2) is 8.88. The maximum absolute atomic E-state index is 5.80. The van der Waals surface area contributed by atoms with Crippen molar-refractivity contribution in [3.63, 3.8) is 0 Å². The standard InChI is InChI=1S/C51H26N6/c1-5-13-31-21-39-35(17-27(31)9-1)43-25-44-36-18-28-10-2-6-14-32(28)22-40(36)49-53-50-42-24-34-16-8-4-12-30(34)20-38(42)46-26-45-37-19-29-11-3-7-15-33(29)23-41(37)48-52-47(39)54(43)51(55(44)49,56(45)48)57(46)50/h1-26H/q+2. The second-order valence-electron chi connectivity index (χ2n) is 16.3. The van der Waals surface area contributed by atoms with Gasteiger partial charge in [-0.25, -0.2) is 9.13 Å². The Morgan fingerprint density at radius 1 is 0.439 bits per heavy atom. The zero-order chi connectivity index (χ0) is 36.5. The highest BCUT2D eigenvalue weighted by molar-refractivity contribution is 6.30. The molecule has 2 aromatic heterocycles. The average Bonchev–Trinajstić information content (AvgIpc) is 3.95. The van der Waals surface area contributed by atoms with Crippen molar-refractivity contribution < 1.29 is 9.15 Å². The molecule has 6 aliphatic heterocycles. The first-order valence-corrected chi connectivity index (χ1v) is 19.7. The SMILES string of the molecule is C1=C2c3cc4ccccc4cc3C3=[N+]2C24n5c1c1cc6ccccc6cc1c5N=C1c5cc6ccccc6cc5C(=[N+]12)C=c1c2cc5ccccc5cc2c(n14)=N3. The lowest BCUT2D eigenvalue weighted by molar-refractivity contribution is -0.798. The molecule has 0 aliphatic carbocycles. The van der Waals surface area contributed by atoms with E-state index in [1.165, 1.54) is 65.0 Å². The number of rotatable bonds is 0. The van der Waals surface area contributed by atoms with E-state index in [1.807, 2.05) is 0 Å². The van der Waals surface area contributed by atoms with Gasteiger partial charge < -0.3 is 0 Å². The summed E-state index contributed by atoms with van der Waals surface area (Å²) in [5.41, 5.74) is 9.15. The van der Waals surface area contributed by atoms with Crippen molar-refractivity contribution in [2.75, 3.05) is 0 Å². The van der Waals surface area contributed by atoms with E-state index in [2.05, 4.69) is 176 Å². The van der Waals surface area contributed by atoms with Crippen molar-refractivity contribution in [2.45, 2.75) is 5.91 Å². The molecule has 0 N–H and O–H groups in total. The van der Waals surface area contributed by atoms with E-state index in [1.54, 1.807) is 0 Å². The van der Waals surface area contributed by atoms with Gasteiger partial charge in [-0.3, -0.25) is 0 Å². The smallest absolute Gasteiger partial charge is 0.203 e. The van der Waals surface area contributed by atoms with Crippen molar-refractivity contribution in [3.8, 4) is 0 Å². The molecule has 0 amide bonds. The molecule has 0 radical (unpaired) electrons. The summed E-state index contributed by atoms with van der Waals surface area (Å²) in [5, 5.41) is 15.6. The Balaban J connectivity index is 1.20. The van der Waals surface area contributed by atoms with Crippen LogP contribution < -0.4 is 10.8 Å². The number of amidine groups is 2. The molecule has 6 aliphatic rings. The highest BCUT2D eigenvalue weighted by Gasteiger charge is 2.69. The van der Waals surface area contributed by atoms with Gasteiger partial charge in [-0.05, 0) is 102 Å².